The van der Waals surface area contributed by atoms with Crippen molar-refractivity contribution in [1.29, 1.82) is 0 Å². The maximum absolute atomic E-state index is 12.7. The molecule has 1 unspecified atom stereocenters. The summed E-state index contributed by atoms with van der Waals surface area (Å²) < 4.78 is 0. The predicted molar refractivity (Wildman–Crippen MR) is 101 cm³/mol. The van der Waals surface area contributed by atoms with Gasteiger partial charge in [0.05, 0.1) is 0 Å². The number of carbonyl (C=O) groups excluding carboxylic acids is 2. The van der Waals surface area contributed by atoms with Gasteiger partial charge < -0.3 is 10.7 Å². The summed E-state index contributed by atoms with van der Waals surface area (Å²) in [6.07, 6.45) is 5.55. The third-order valence-corrected chi connectivity index (χ3v) is 4.33. The van der Waals surface area contributed by atoms with Crippen LogP contribution < -0.4 is 16.2 Å². The molecule has 1 aliphatic carbocycles. The van der Waals surface area contributed by atoms with E-state index < -0.39 is 6.04 Å². The van der Waals surface area contributed by atoms with Gasteiger partial charge in [-0.3, -0.25) is 15.0 Å². The molecule has 0 saturated heterocycles. The van der Waals surface area contributed by atoms with Crippen molar-refractivity contribution in [2.24, 2.45) is 0 Å². The minimum atomic E-state index is -0.667. The Morgan fingerprint density at radius 1 is 0.962 bits per heavy atom. The van der Waals surface area contributed by atoms with Gasteiger partial charge in [0, 0.05) is 17.7 Å². The molecule has 0 spiro atoms. The molecule has 26 heavy (non-hydrogen) atoms. The number of amides is 2. The molecule has 2 aromatic carbocycles. The van der Waals surface area contributed by atoms with Crippen molar-refractivity contribution in [3.8, 4) is 0 Å². The van der Waals surface area contributed by atoms with E-state index in [0.717, 1.165) is 30.5 Å². The van der Waals surface area contributed by atoms with Crippen LogP contribution in [0.3, 0.4) is 0 Å². The van der Waals surface area contributed by atoms with Gasteiger partial charge >= 0.3 is 0 Å². The second kappa shape index (κ2) is 8.85. The van der Waals surface area contributed by atoms with Crippen LogP contribution in [0.1, 0.15) is 35.2 Å². The van der Waals surface area contributed by atoms with Gasteiger partial charge in [0.1, 0.15) is 6.04 Å². The van der Waals surface area contributed by atoms with Crippen LogP contribution in [0.4, 0.5) is 0 Å². The van der Waals surface area contributed by atoms with Gasteiger partial charge in [-0.1, -0.05) is 54.6 Å². The van der Waals surface area contributed by atoms with E-state index in [4.69, 9.17) is 0 Å². The molecule has 134 valence electrons. The summed E-state index contributed by atoms with van der Waals surface area (Å²) in [4.78, 5) is 25.1. The number of hydrogen-bond acceptors (Lipinski definition) is 3. The monoisotopic (exact) mass is 349 g/mol. The number of benzene rings is 2. The number of allylic oxidation sites excluding steroid dienone is 2. The van der Waals surface area contributed by atoms with Crippen LogP contribution in [0.2, 0.25) is 0 Å². The fourth-order valence-electron chi connectivity index (χ4n) is 2.90. The van der Waals surface area contributed by atoms with Crippen LogP contribution in [0, 0.1) is 0 Å². The first-order valence-corrected chi connectivity index (χ1v) is 8.87. The topological polar surface area (TPSA) is 70.2 Å². The molecule has 0 bridgehead atoms. The Morgan fingerprint density at radius 3 is 2.31 bits per heavy atom. The van der Waals surface area contributed by atoms with Gasteiger partial charge in [0.25, 0.3) is 11.8 Å². The number of hydrazine groups is 1. The number of carbonyl (C=O) groups is 2. The van der Waals surface area contributed by atoms with E-state index in [-0.39, 0.29) is 11.8 Å². The maximum atomic E-state index is 12.7. The van der Waals surface area contributed by atoms with Gasteiger partial charge in [0.2, 0.25) is 0 Å². The lowest BCUT2D eigenvalue weighted by Gasteiger charge is -2.19. The SMILES string of the molecule is O=C(NC(Cc1ccccc1)C(=O)NNC1=CCCC1)c1ccccc1. The number of hydrogen-bond donors (Lipinski definition) is 3. The second-order valence-corrected chi connectivity index (χ2v) is 6.32. The van der Waals surface area contributed by atoms with E-state index in [1.165, 1.54) is 0 Å². The predicted octanol–water partition coefficient (Wildman–Crippen LogP) is 2.72. The Hall–Kier alpha value is -3.08. The largest absolute Gasteiger partial charge is 0.340 e. The van der Waals surface area contributed by atoms with E-state index in [1.54, 1.807) is 24.3 Å². The van der Waals surface area contributed by atoms with Crippen LogP contribution in [-0.2, 0) is 11.2 Å². The summed E-state index contributed by atoms with van der Waals surface area (Å²) in [5.74, 6) is -0.521. The van der Waals surface area contributed by atoms with Crippen LogP contribution in [0.25, 0.3) is 0 Å². The van der Waals surface area contributed by atoms with Crippen molar-refractivity contribution in [3.05, 3.63) is 83.6 Å². The number of rotatable bonds is 7. The van der Waals surface area contributed by atoms with Gasteiger partial charge in [-0.2, -0.15) is 0 Å². The Bertz CT molecular complexity index is 772. The molecule has 2 amide bonds. The smallest absolute Gasteiger partial charge is 0.261 e. The Labute approximate surface area is 153 Å². The van der Waals surface area contributed by atoms with Crippen molar-refractivity contribution >= 4 is 11.8 Å². The average molecular weight is 349 g/mol. The quantitative estimate of drug-likeness (QED) is 0.673. The highest BCUT2D eigenvalue weighted by Gasteiger charge is 2.22. The fourth-order valence-corrected chi connectivity index (χ4v) is 2.90. The summed E-state index contributed by atoms with van der Waals surface area (Å²) in [5, 5.41) is 2.85. The molecule has 0 radical (unpaired) electrons. The van der Waals surface area contributed by atoms with Gasteiger partial charge in [-0.15, -0.1) is 0 Å². The molecule has 0 aromatic heterocycles. The lowest BCUT2D eigenvalue weighted by Crippen LogP contribution is -2.51. The van der Waals surface area contributed by atoms with Crippen molar-refractivity contribution in [2.75, 3.05) is 0 Å². The Kier molecular flexibility index (Phi) is 6.04. The molecule has 0 fully saturated rings. The van der Waals surface area contributed by atoms with E-state index >= 15 is 0 Å². The van der Waals surface area contributed by atoms with Crippen LogP contribution in [0.5, 0.6) is 0 Å². The molecule has 5 heteroatoms. The summed E-state index contributed by atoms with van der Waals surface area (Å²) in [7, 11) is 0. The summed E-state index contributed by atoms with van der Waals surface area (Å²) in [6.45, 7) is 0. The Morgan fingerprint density at radius 2 is 1.65 bits per heavy atom. The molecule has 0 heterocycles. The molecule has 0 aliphatic heterocycles. The molecule has 1 atom stereocenters. The molecular formula is C21H23N3O2. The van der Waals surface area contributed by atoms with Crippen molar-refractivity contribution in [3.63, 3.8) is 0 Å². The van der Waals surface area contributed by atoms with Crippen LogP contribution in [-0.4, -0.2) is 17.9 Å². The van der Waals surface area contributed by atoms with Crippen molar-refractivity contribution in [2.45, 2.75) is 31.7 Å². The first kappa shape index (κ1) is 17.7. The number of nitrogens with one attached hydrogen (secondary N) is 3. The lowest BCUT2D eigenvalue weighted by atomic mass is 10.0. The van der Waals surface area contributed by atoms with E-state index in [9.17, 15) is 9.59 Å². The van der Waals surface area contributed by atoms with Crippen LogP contribution in [0.15, 0.2) is 72.4 Å². The fraction of sp³-hybridized carbons (Fsp3) is 0.238. The normalized spacial score (nSPS) is 14.2. The zero-order chi connectivity index (χ0) is 18.2. The molecule has 3 rings (SSSR count). The minimum absolute atomic E-state index is 0.258. The molecule has 0 saturated carbocycles. The average Bonchev–Trinajstić information content (AvgIpc) is 3.20. The van der Waals surface area contributed by atoms with Crippen molar-refractivity contribution < 1.29 is 9.59 Å². The Balaban J connectivity index is 1.68. The molecule has 5 nitrogen and oxygen atoms in total. The van der Waals surface area contributed by atoms with Crippen molar-refractivity contribution in [1.82, 2.24) is 16.2 Å². The molecule has 3 N–H and O–H groups in total. The lowest BCUT2D eigenvalue weighted by molar-refractivity contribution is -0.123. The van der Waals surface area contributed by atoms with Gasteiger partial charge in [-0.25, -0.2) is 0 Å². The third kappa shape index (κ3) is 4.96. The first-order valence-electron chi connectivity index (χ1n) is 8.87. The first-order chi connectivity index (χ1) is 12.7. The molecule has 2 aromatic rings. The summed E-state index contributed by atoms with van der Waals surface area (Å²) in [6, 6.07) is 17.9. The standard InChI is InChI=1S/C21H23N3O2/c25-20(17-11-5-2-6-12-17)22-19(15-16-9-3-1-4-10-16)21(26)24-23-18-13-7-8-14-18/h1-6,9-13,19,23H,7-8,14-15H2,(H,22,25)(H,24,26). The highest BCUT2D eigenvalue weighted by Crippen LogP contribution is 2.13. The van der Waals surface area contributed by atoms with E-state index in [0.29, 0.717) is 12.0 Å². The third-order valence-electron chi connectivity index (χ3n) is 4.33. The summed E-state index contributed by atoms with van der Waals surface area (Å²) in [5.41, 5.74) is 8.24. The maximum Gasteiger partial charge on any atom is 0.261 e. The molecular weight excluding hydrogens is 326 g/mol. The highest BCUT2D eigenvalue weighted by molar-refractivity contribution is 5.97. The zero-order valence-corrected chi connectivity index (χ0v) is 14.6. The minimum Gasteiger partial charge on any atom is -0.340 e. The van der Waals surface area contributed by atoms with E-state index in [1.807, 2.05) is 36.4 Å². The highest BCUT2D eigenvalue weighted by atomic mass is 16.2. The summed E-state index contributed by atoms with van der Waals surface area (Å²) >= 11 is 0. The molecule has 1 aliphatic rings. The second-order valence-electron chi connectivity index (χ2n) is 6.32. The zero-order valence-electron chi connectivity index (χ0n) is 14.6. The van der Waals surface area contributed by atoms with E-state index in [2.05, 4.69) is 22.2 Å². The van der Waals surface area contributed by atoms with Gasteiger partial charge in [-0.05, 0) is 37.0 Å². The van der Waals surface area contributed by atoms with Gasteiger partial charge in [0.15, 0.2) is 0 Å². The van der Waals surface area contributed by atoms with Crippen LogP contribution >= 0.6 is 0 Å².